The Balaban J connectivity index is 1.52. The van der Waals surface area contributed by atoms with E-state index in [0.717, 1.165) is 35.5 Å². The summed E-state index contributed by atoms with van der Waals surface area (Å²) in [5.41, 5.74) is 1.74. The molecule has 4 rings (SSSR count). The molecule has 0 saturated carbocycles. The number of hydrogen-bond acceptors (Lipinski definition) is 3. The fourth-order valence-corrected chi connectivity index (χ4v) is 3.68. The molecule has 0 atom stereocenters. The summed E-state index contributed by atoms with van der Waals surface area (Å²) >= 11 is 5.90. The molecule has 28 heavy (non-hydrogen) atoms. The molecule has 0 spiro atoms. The summed E-state index contributed by atoms with van der Waals surface area (Å²) < 4.78 is 8.18. The lowest BCUT2D eigenvalue weighted by Crippen LogP contribution is -2.42. The van der Waals surface area contributed by atoms with Crippen molar-refractivity contribution >= 4 is 34.2 Å². The van der Waals surface area contributed by atoms with E-state index in [2.05, 4.69) is 9.88 Å². The normalized spacial score (nSPS) is 14.4. The molecule has 0 radical (unpaired) electrons. The van der Waals surface area contributed by atoms with E-state index in [1.807, 2.05) is 18.2 Å². The number of nitrogens with zero attached hydrogens (tertiary/aromatic N) is 2. The third kappa shape index (κ3) is 3.85. The summed E-state index contributed by atoms with van der Waals surface area (Å²) in [4.78, 5) is 17.6. The van der Waals surface area contributed by atoms with E-state index in [9.17, 15) is 4.79 Å². The predicted octanol–water partition coefficient (Wildman–Crippen LogP) is 5.21. The number of amides is 1. The third-order valence-corrected chi connectivity index (χ3v) is 5.35. The lowest BCUT2D eigenvalue weighted by molar-refractivity contribution is -0.128. The standard InChI is InChI=1S/C22H24ClN3O2/c1-22(2,28-17-10-7-15(23)8-11-17)21(27)24-16-9-12-19-18(14-16)25-20-6-4-3-5-13-26(19)20/h7-12,14H,3-6,13H2,1-2H3,(H,24,27). The molecule has 6 heteroatoms. The first-order valence-electron chi connectivity index (χ1n) is 9.67. The van der Waals surface area contributed by atoms with Crippen LogP contribution in [0.15, 0.2) is 42.5 Å². The zero-order valence-electron chi connectivity index (χ0n) is 16.2. The van der Waals surface area contributed by atoms with Crippen LogP contribution in [0.25, 0.3) is 11.0 Å². The molecule has 0 bridgehead atoms. The summed E-state index contributed by atoms with van der Waals surface area (Å²) in [6.07, 6.45) is 4.64. The van der Waals surface area contributed by atoms with E-state index in [0.29, 0.717) is 10.8 Å². The number of carbonyl (C=O) groups excluding carboxylic acids is 1. The van der Waals surface area contributed by atoms with Crippen molar-refractivity contribution in [3.05, 3.63) is 53.3 Å². The number of rotatable bonds is 4. The molecule has 0 unspecified atom stereocenters. The number of anilines is 1. The first-order valence-corrected chi connectivity index (χ1v) is 10.1. The lowest BCUT2D eigenvalue weighted by Gasteiger charge is -2.25. The van der Waals surface area contributed by atoms with Crippen LogP contribution in [-0.2, 0) is 17.8 Å². The molecule has 0 aliphatic carbocycles. The Morgan fingerprint density at radius 3 is 2.71 bits per heavy atom. The quantitative estimate of drug-likeness (QED) is 0.657. The second-order valence-corrected chi connectivity index (χ2v) is 8.15. The molecule has 146 valence electrons. The summed E-state index contributed by atoms with van der Waals surface area (Å²) in [6.45, 7) is 4.50. The highest BCUT2D eigenvalue weighted by molar-refractivity contribution is 6.30. The molecule has 1 aliphatic heterocycles. The number of hydrogen-bond donors (Lipinski definition) is 1. The van der Waals surface area contributed by atoms with Gasteiger partial charge in [0.1, 0.15) is 11.6 Å². The molecule has 0 fully saturated rings. The lowest BCUT2D eigenvalue weighted by atomic mass is 10.1. The molecule has 5 nitrogen and oxygen atoms in total. The van der Waals surface area contributed by atoms with E-state index in [1.54, 1.807) is 38.1 Å². The second-order valence-electron chi connectivity index (χ2n) is 7.71. The van der Waals surface area contributed by atoms with Crippen molar-refractivity contribution < 1.29 is 9.53 Å². The van der Waals surface area contributed by atoms with Crippen molar-refractivity contribution in [2.45, 2.75) is 51.7 Å². The van der Waals surface area contributed by atoms with Crippen molar-refractivity contribution in [2.75, 3.05) is 5.32 Å². The molecular formula is C22H24ClN3O2. The van der Waals surface area contributed by atoms with Crippen molar-refractivity contribution in [1.29, 1.82) is 0 Å². The molecule has 1 aliphatic rings. The van der Waals surface area contributed by atoms with Gasteiger partial charge in [0.2, 0.25) is 0 Å². The van der Waals surface area contributed by atoms with Crippen molar-refractivity contribution in [1.82, 2.24) is 9.55 Å². The van der Waals surface area contributed by atoms with Crippen LogP contribution in [0.2, 0.25) is 5.02 Å². The summed E-state index contributed by atoms with van der Waals surface area (Å²) in [5.74, 6) is 1.52. The fourth-order valence-electron chi connectivity index (χ4n) is 3.55. The molecule has 1 aromatic heterocycles. The van der Waals surface area contributed by atoms with Gasteiger partial charge < -0.3 is 14.6 Å². The minimum Gasteiger partial charge on any atom is -0.478 e. The molecule has 2 aromatic carbocycles. The monoisotopic (exact) mass is 397 g/mol. The Bertz CT molecular complexity index is 1010. The topological polar surface area (TPSA) is 56.1 Å². The van der Waals surface area contributed by atoms with Crippen LogP contribution in [0.5, 0.6) is 5.75 Å². The van der Waals surface area contributed by atoms with Gasteiger partial charge in [0, 0.05) is 23.7 Å². The van der Waals surface area contributed by atoms with Gasteiger partial charge in [-0.1, -0.05) is 18.0 Å². The highest BCUT2D eigenvalue weighted by Gasteiger charge is 2.30. The van der Waals surface area contributed by atoms with Gasteiger partial charge in [-0.05, 0) is 69.2 Å². The number of imidazole rings is 1. The predicted molar refractivity (Wildman–Crippen MR) is 112 cm³/mol. The first kappa shape index (κ1) is 18.8. The second kappa shape index (κ2) is 7.47. The minimum absolute atomic E-state index is 0.220. The first-order chi connectivity index (χ1) is 13.4. The van der Waals surface area contributed by atoms with Gasteiger partial charge in [-0.3, -0.25) is 4.79 Å². The van der Waals surface area contributed by atoms with Crippen LogP contribution in [0, 0.1) is 0 Å². The van der Waals surface area contributed by atoms with E-state index >= 15 is 0 Å². The Hall–Kier alpha value is -2.53. The summed E-state index contributed by atoms with van der Waals surface area (Å²) in [6, 6.07) is 12.9. The fraction of sp³-hybridized carbons (Fsp3) is 0.364. The SMILES string of the molecule is CC(C)(Oc1ccc(Cl)cc1)C(=O)Nc1ccc2c(c1)nc1n2CCCCC1. The van der Waals surface area contributed by atoms with Gasteiger partial charge >= 0.3 is 0 Å². The number of ether oxygens (including phenoxy) is 1. The minimum atomic E-state index is -1.03. The number of fused-ring (bicyclic) bond motifs is 3. The van der Waals surface area contributed by atoms with E-state index in [-0.39, 0.29) is 5.91 Å². The van der Waals surface area contributed by atoms with Crippen LogP contribution in [0.3, 0.4) is 0 Å². The number of halogens is 1. The number of aromatic nitrogens is 2. The zero-order valence-corrected chi connectivity index (χ0v) is 16.9. The van der Waals surface area contributed by atoms with Crippen LogP contribution < -0.4 is 10.1 Å². The van der Waals surface area contributed by atoms with E-state index in [4.69, 9.17) is 21.3 Å². The van der Waals surface area contributed by atoms with Gasteiger partial charge in [0.15, 0.2) is 5.60 Å². The molecular weight excluding hydrogens is 374 g/mol. The van der Waals surface area contributed by atoms with Gasteiger partial charge in [-0.25, -0.2) is 4.98 Å². The number of carbonyl (C=O) groups is 1. The highest BCUT2D eigenvalue weighted by atomic mass is 35.5. The average Bonchev–Trinajstić information content (AvgIpc) is 2.83. The van der Waals surface area contributed by atoms with Gasteiger partial charge in [-0.2, -0.15) is 0 Å². The Labute approximate surface area is 169 Å². The van der Waals surface area contributed by atoms with Crippen LogP contribution in [-0.4, -0.2) is 21.1 Å². The number of aryl methyl sites for hydroxylation is 2. The summed E-state index contributed by atoms with van der Waals surface area (Å²) in [5, 5.41) is 3.59. The number of nitrogens with one attached hydrogen (secondary N) is 1. The van der Waals surface area contributed by atoms with Crippen molar-refractivity contribution in [2.24, 2.45) is 0 Å². The maximum absolute atomic E-state index is 12.8. The van der Waals surface area contributed by atoms with Gasteiger partial charge in [0.05, 0.1) is 11.0 Å². The Morgan fingerprint density at radius 2 is 1.93 bits per heavy atom. The van der Waals surface area contributed by atoms with Crippen LogP contribution in [0.1, 0.15) is 38.9 Å². The van der Waals surface area contributed by atoms with E-state index in [1.165, 1.54) is 19.3 Å². The van der Waals surface area contributed by atoms with Crippen molar-refractivity contribution in [3.63, 3.8) is 0 Å². The maximum atomic E-state index is 12.8. The van der Waals surface area contributed by atoms with Gasteiger partial charge in [-0.15, -0.1) is 0 Å². The zero-order chi connectivity index (χ0) is 19.7. The average molecular weight is 398 g/mol. The molecule has 1 amide bonds. The Kier molecular flexibility index (Phi) is 5.02. The smallest absolute Gasteiger partial charge is 0.267 e. The van der Waals surface area contributed by atoms with Gasteiger partial charge in [0.25, 0.3) is 5.91 Å². The summed E-state index contributed by atoms with van der Waals surface area (Å²) in [7, 11) is 0. The third-order valence-electron chi connectivity index (χ3n) is 5.10. The molecule has 2 heterocycles. The Morgan fingerprint density at radius 1 is 1.14 bits per heavy atom. The number of benzene rings is 2. The van der Waals surface area contributed by atoms with E-state index < -0.39 is 5.60 Å². The molecule has 1 N–H and O–H groups in total. The van der Waals surface area contributed by atoms with Crippen molar-refractivity contribution in [3.8, 4) is 5.75 Å². The van der Waals surface area contributed by atoms with Crippen LogP contribution in [0.4, 0.5) is 5.69 Å². The molecule has 3 aromatic rings. The molecule has 0 saturated heterocycles. The maximum Gasteiger partial charge on any atom is 0.267 e. The highest BCUT2D eigenvalue weighted by Crippen LogP contribution is 2.26. The largest absolute Gasteiger partial charge is 0.478 e. The van der Waals surface area contributed by atoms with Crippen LogP contribution >= 0.6 is 11.6 Å².